The highest BCUT2D eigenvalue weighted by atomic mass is 19.1. The van der Waals surface area contributed by atoms with Crippen molar-refractivity contribution in [2.45, 2.75) is 33.7 Å². The predicted molar refractivity (Wildman–Crippen MR) is 111 cm³/mol. The topological polar surface area (TPSA) is 66.4 Å². The number of fused-ring (bicyclic) bond motifs is 1. The number of aromatic nitrogens is 1. The van der Waals surface area contributed by atoms with Crippen molar-refractivity contribution in [3.63, 3.8) is 0 Å². The van der Waals surface area contributed by atoms with Crippen LogP contribution in [0.15, 0.2) is 23.1 Å². The first-order valence-corrected chi connectivity index (χ1v) is 10.0. The Morgan fingerprint density at radius 2 is 2.00 bits per heavy atom. The van der Waals surface area contributed by atoms with E-state index in [9.17, 15) is 14.0 Å². The van der Waals surface area contributed by atoms with E-state index in [2.05, 4.69) is 24.5 Å². The minimum absolute atomic E-state index is 0.0624. The molecular weight excluding hydrogens is 359 g/mol. The molecule has 0 radical (unpaired) electrons. The second kappa shape index (κ2) is 8.73. The lowest BCUT2D eigenvalue weighted by atomic mass is 10.1. The van der Waals surface area contributed by atoms with Crippen LogP contribution in [0.5, 0.6) is 0 Å². The van der Waals surface area contributed by atoms with E-state index < -0.39 is 17.2 Å². The van der Waals surface area contributed by atoms with Crippen LogP contribution >= 0.6 is 0 Å². The third-order valence-electron chi connectivity index (χ3n) is 5.20. The van der Waals surface area contributed by atoms with Crippen molar-refractivity contribution in [2.75, 3.05) is 37.6 Å². The zero-order chi connectivity index (χ0) is 20.3. The average Bonchev–Trinajstić information content (AvgIpc) is 2.68. The Bertz CT molecular complexity index is 917. The second-order valence-electron chi connectivity index (χ2n) is 7.65. The number of piperazine rings is 1. The van der Waals surface area contributed by atoms with Crippen molar-refractivity contribution in [2.24, 2.45) is 5.92 Å². The molecule has 1 amide bonds. The maximum atomic E-state index is 14.8. The van der Waals surface area contributed by atoms with Crippen LogP contribution in [0, 0.1) is 11.7 Å². The molecule has 1 aliphatic heterocycles. The number of nitrogens with zero attached hydrogens (tertiary/aromatic N) is 2. The molecule has 0 spiro atoms. The summed E-state index contributed by atoms with van der Waals surface area (Å²) in [7, 11) is 0. The molecule has 1 aliphatic rings. The summed E-state index contributed by atoms with van der Waals surface area (Å²) in [6, 6.07) is 3.02. The molecule has 3 rings (SSSR count). The highest BCUT2D eigenvalue weighted by Crippen LogP contribution is 2.25. The van der Waals surface area contributed by atoms with Crippen LogP contribution in [-0.2, 0) is 6.54 Å². The number of anilines is 1. The molecule has 1 saturated heterocycles. The number of rotatable bonds is 6. The number of amides is 1. The summed E-state index contributed by atoms with van der Waals surface area (Å²) in [4.78, 5) is 27.4. The summed E-state index contributed by atoms with van der Waals surface area (Å²) in [5, 5.41) is 6.30. The third kappa shape index (κ3) is 4.19. The molecule has 2 aromatic rings. The Labute approximate surface area is 164 Å². The summed E-state index contributed by atoms with van der Waals surface area (Å²) in [5.74, 6) is -0.366. The number of benzene rings is 1. The second-order valence-corrected chi connectivity index (χ2v) is 7.65. The smallest absolute Gasteiger partial charge is 0.256 e. The Hall–Kier alpha value is -2.41. The van der Waals surface area contributed by atoms with Crippen LogP contribution in [0.2, 0.25) is 0 Å². The highest BCUT2D eigenvalue weighted by molar-refractivity contribution is 5.97. The van der Waals surface area contributed by atoms with Crippen molar-refractivity contribution in [1.82, 2.24) is 15.2 Å². The van der Waals surface area contributed by atoms with Gasteiger partial charge < -0.3 is 20.1 Å². The largest absolute Gasteiger partial charge is 0.367 e. The van der Waals surface area contributed by atoms with E-state index in [4.69, 9.17) is 0 Å². The lowest BCUT2D eigenvalue weighted by Crippen LogP contribution is -2.44. The molecular formula is C21H29FN4O2. The van der Waals surface area contributed by atoms with Gasteiger partial charge in [0.1, 0.15) is 11.4 Å². The number of halogens is 1. The molecule has 152 valence electrons. The van der Waals surface area contributed by atoms with Crippen LogP contribution < -0.4 is 21.0 Å². The minimum atomic E-state index is -0.425. The first kappa shape index (κ1) is 20.3. The molecule has 0 saturated carbocycles. The number of pyridine rings is 1. The maximum absolute atomic E-state index is 14.8. The molecule has 0 bridgehead atoms. The van der Waals surface area contributed by atoms with Crippen LogP contribution in [0.4, 0.5) is 10.1 Å². The van der Waals surface area contributed by atoms with Gasteiger partial charge in [0.15, 0.2) is 0 Å². The summed E-state index contributed by atoms with van der Waals surface area (Å²) < 4.78 is 16.7. The number of carbonyl (C=O) groups is 1. The van der Waals surface area contributed by atoms with Crippen molar-refractivity contribution < 1.29 is 9.18 Å². The van der Waals surface area contributed by atoms with Gasteiger partial charge in [0.25, 0.3) is 5.91 Å². The number of hydrogen-bond acceptors (Lipinski definition) is 4. The van der Waals surface area contributed by atoms with Gasteiger partial charge in [-0.05, 0) is 31.4 Å². The molecule has 2 N–H and O–H groups in total. The molecule has 0 unspecified atom stereocenters. The van der Waals surface area contributed by atoms with Gasteiger partial charge in [-0.3, -0.25) is 9.59 Å². The lowest BCUT2D eigenvalue weighted by Gasteiger charge is -2.30. The molecule has 0 atom stereocenters. The van der Waals surface area contributed by atoms with E-state index in [1.165, 1.54) is 6.07 Å². The summed E-state index contributed by atoms with van der Waals surface area (Å²) >= 11 is 0. The number of carbonyl (C=O) groups excluding carboxylic acids is 1. The van der Waals surface area contributed by atoms with E-state index >= 15 is 0 Å². The van der Waals surface area contributed by atoms with Crippen molar-refractivity contribution in [1.29, 1.82) is 0 Å². The van der Waals surface area contributed by atoms with E-state index in [0.717, 1.165) is 32.6 Å². The van der Waals surface area contributed by atoms with Crippen LogP contribution in [0.3, 0.4) is 0 Å². The Kier molecular flexibility index (Phi) is 6.34. The maximum Gasteiger partial charge on any atom is 0.256 e. The van der Waals surface area contributed by atoms with E-state index in [0.29, 0.717) is 30.2 Å². The molecule has 7 heteroatoms. The molecule has 6 nitrogen and oxygen atoms in total. The van der Waals surface area contributed by atoms with Crippen molar-refractivity contribution in [3.8, 4) is 0 Å². The number of aryl methyl sites for hydroxylation is 1. The molecule has 2 heterocycles. The third-order valence-corrected chi connectivity index (χ3v) is 5.20. The normalized spacial score (nSPS) is 14.7. The van der Waals surface area contributed by atoms with Crippen molar-refractivity contribution >= 4 is 22.5 Å². The standard InChI is InChI=1S/C21H29FN4O2/c1-4-25-13-16(21(28)24-6-5-14(2)3)20(27)15-11-17(22)19(12-18(15)25)26-9-7-23-8-10-26/h11-14,23H,4-10H2,1-3H3,(H,24,28). The van der Waals surface area contributed by atoms with E-state index in [-0.39, 0.29) is 10.9 Å². The minimum Gasteiger partial charge on any atom is -0.367 e. The monoisotopic (exact) mass is 388 g/mol. The Morgan fingerprint density at radius 1 is 1.29 bits per heavy atom. The number of hydrogen-bond donors (Lipinski definition) is 2. The van der Waals surface area contributed by atoms with Crippen LogP contribution in [-0.4, -0.2) is 43.2 Å². The molecule has 1 aromatic carbocycles. The zero-order valence-corrected chi connectivity index (χ0v) is 16.8. The molecule has 0 aliphatic carbocycles. The van der Waals surface area contributed by atoms with Crippen LogP contribution in [0.25, 0.3) is 10.9 Å². The van der Waals surface area contributed by atoms with Gasteiger partial charge >= 0.3 is 0 Å². The van der Waals surface area contributed by atoms with E-state index in [1.54, 1.807) is 12.3 Å². The van der Waals surface area contributed by atoms with Gasteiger partial charge in [-0.15, -0.1) is 0 Å². The SMILES string of the molecule is CCn1cc(C(=O)NCCC(C)C)c(=O)c2cc(F)c(N3CCNCC3)cc21. The summed E-state index contributed by atoms with van der Waals surface area (Å²) in [6.07, 6.45) is 2.43. The van der Waals surface area contributed by atoms with Gasteiger partial charge in [0, 0.05) is 50.9 Å². The fourth-order valence-corrected chi connectivity index (χ4v) is 3.54. The molecule has 28 heavy (non-hydrogen) atoms. The Balaban J connectivity index is 2.01. The highest BCUT2D eigenvalue weighted by Gasteiger charge is 2.20. The summed E-state index contributed by atoms with van der Waals surface area (Å²) in [5.41, 5.74) is 0.797. The number of nitrogens with one attached hydrogen (secondary N) is 2. The predicted octanol–water partition coefficient (Wildman–Crippen LogP) is 2.35. The van der Waals surface area contributed by atoms with Crippen molar-refractivity contribution in [3.05, 3.63) is 39.9 Å². The fourth-order valence-electron chi connectivity index (χ4n) is 3.54. The van der Waals surface area contributed by atoms with Gasteiger partial charge in [0.2, 0.25) is 5.43 Å². The fraction of sp³-hybridized carbons (Fsp3) is 0.524. The Morgan fingerprint density at radius 3 is 2.64 bits per heavy atom. The van der Waals surface area contributed by atoms with Crippen LogP contribution in [0.1, 0.15) is 37.6 Å². The van der Waals surface area contributed by atoms with Gasteiger partial charge in [-0.1, -0.05) is 13.8 Å². The van der Waals surface area contributed by atoms with Gasteiger partial charge in [-0.25, -0.2) is 4.39 Å². The van der Waals surface area contributed by atoms with E-state index in [1.807, 2.05) is 16.4 Å². The molecule has 1 aromatic heterocycles. The summed E-state index contributed by atoms with van der Waals surface area (Å²) in [6.45, 7) is 10.2. The van der Waals surface area contributed by atoms with Gasteiger partial charge in [-0.2, -0.15) is 0 Å². The lowest BCUT2D eigenvalue weighted by molar-refractivity contribution is 0.0950. The van der Waals surface area contributed by atoms with Gasteiger partial charge in [0.05, 0.1) is 11.2 Å². The molecule has 1 fully saturated rings. The average molecular weight is 388 g/mol. The first-order chi connectivity index (χ1) is 13.4. The quantitative estimate of drug-likeness (QED) is 0.797. The first-order valence-electron chi connectivity index (χ1n) is 10.0. The zero-order valence-electron chi connectivity index (χ0n) is 16.8.